The maximum absolute atomic E-state index is 12.6. The van der Waals surface area contributed by atoms with Crippen molar-refractivity contribution in [1.82, 2.24) is 0 Å². The van der Waals surface area contributed by atoms with Crippen LogP contribution in [0.15, 0.2) is 72.8 Å². The molecule has 4 heteroatoms. The van der Waals surface area contributed by atoms with Gasteiger partial charge in [0, 0.05) is 0 Å². The number of esters is 1. The Balaban J connectivity index is 1.41. The van der Waals surface area contributed by atoms with Crippen molar-refractivity contribution < 1.29 is 19.0 Å². The predicted molar refractivity (Wildman–Crippen MR) is 156 cm³/mol. The third-order valence-electron chi connectivity index (χ3n) is 6.84. The minimum Gasteiger partial charge on any atom is -0.494 e. The average molecular weight is 517 g/mol. The van der Waals surface area contributed by atoms with Crippen LogP contribution in [0.4, 0.5) is 0 Å². The van der Waals surface area contributed by atoms with Gasteiger partial charge in [0.05, 0.1) is 18.8 Å². The Morgan fingerprint density at radius 3 is 1.74 bits per heavy atom. The molecule has 0 aromatic heterocycles. The van der Waals surface area contributed by atoms with Crippen molar-refractivity contribution in [3.63, 3.8) is 0 Å². The largest absolute Gasteiger partial charge is 0.494 e. The second-order valence-electron chi connectivity index (χ2n) is 10.1. The average Bonchev–Trinajstić information content (AvgIpc) is 2.96. The summed E-state index contributed by atoms with van der Waals surface area (Å²) in [4.78, 5) is 12.6. The van der Waals surface area contributed by atoms with Crippen molar-refractivity contribution in [2.75, 3.05) is 13.2 Å². The van der Waals surface area contributed by atoms with Crippen molar-refractivity contribution >= 4 is 5.97 Å². The van der Waals surface area contributed by atoms with Crippen molar-refractivity contribution in [2.45, 2.75) is 78.6 Å². The van der Waals surface area contributed by atoms with Crippen molar-refractivity contribution in [1.29, 1.82) is 0 Å². The van der Waals surface area contributed by atoms with Crippen LogP contribution >= 0.6 is 0 Å². The molecule has 38 heavy (non-hydrogen) atoms. The Morgan fingerprint density at radius 2 is 1.13 bits per heavy atom. The van der Waals surface area contributed by atoms with E-state index in [1.54, 1.807) is 24.3 Å². The molecule has 1 atom stereocenters. The second kappa shape index (κ2) is 16.5. The molecule has 3 aromatic carbocycles. The van der Waals surface area contributed by atoms with Gasteiger partial charge in [0.1, 0.15) is 17.2 Å². The van der Waals surface area contributed by atoms with Crippen LogP contribution in [0.3, 0.4) is 0 Å². The number of hydrogen-bond acceptors (Lipinski definition) is 4. The van der Waals surface area contributed by atoms with E-state index in [1.165, 1.54) is 44.9 Å². The van der Waals surface area contributed by atoms with E-state index in [1.807, 2.05) is 36.4 Å². The zero-order valence-corrected chi connectivity index (χ0v) is 23.4. The lowest BCUT2D eigenvalue weighted by molar-refractivity contribution is 0.0734. The molecule has 4 nitrogen and oxygen atoms in total. The lowest BCUT2D eigenvalue weighted by atomic mass is 10.0. The summed E-state index contributed by atoms with van der Waals surface area (Å²) in [5.41, 5.74) is 2.63. The minimum absolute atomic E-state index is 0.380. The molecule has 0 aliphatic heterocycles. The summed E-state index contributed by atoms with van der Waals surface area (Å²) in [6.07, 6.45) is 11.4. The van der Waals surface area contributed by atoms with Crippen LogP contribution in [-0.2, 0) is 0 Å². The lowest BCUT2D eigenvalue weighted by Crippen LogP contribution is -2.09. The highest BCUT2D eigenvalue weighted by molar-refractivity contribution is 5.91. The van der Waals surface area contributed by atoms with Gasteiger partial charge >= 0.3 is 5.97 Å². The van der Waals surface area contributed by atoms with Gasteiger partial charge in [-0.05, 0) is 72.0 Å². The summed E-state index contributed by atoms with van der Waals surface area (Å²) in [6.45, 7) is 8.00. The Kier molecular flexibility index (Phi) is 12.8. The Labute approximate surface area is 229 Å². The number of carbonyl (C=O) groups is 1. The van der Waals surface area contributed by atoms with Crippen molar-refractivity contribution in [3.05, 3.63) is 78.4 Å². The summed E-state index contributed by atoms with van der Waals surface area (Å²) in [7, 11) is 0. The van der Waals surface area contributed by atoms with Crippen LogP contribution in [0, 0.1) is 5.92 Å². The van der Waals surface area contributed by atoms with Gasteiger partial charge in [0.2, 0.25) is 0 Å². The molecule has 0 radical (unpaired) electrons. The molecule has 0 fully saturated rings. The van der Waals surface area contributed by atoms with Gasteiger partial charge < -0.3 is 14.2 Å². The molecule has 0 aliphatic rings. The van der Waals surface area contributed by atoms with Crippen LogP contribution in [0.2, 0.25) is 0 Å². The molecule has 0 bridgehead atoms. The van der Waals surface area contributed by atoms with Crippen LogP contribution in [0.1, 0.15) is 88.9 Å². The van der Waals surface area contributed by atoms with Crippen LogP contribution in [0.5, 0.6) is 17.2 Å². The van der Waals surface area contributed by atoms with E-state index < -0.39 is 0 Å². The lowest BCUT2D eigenvalue weighted by Gasteiger charge is -2.11. The van der Waals surface area contributed by atoms with E-state index in [0.29, 0.717) is 23.8 Å². The first kappa shape index (κ1) is 29.3. The Hall–Kier alpha value is -3.27. The zero-order chi connectivity index (χ0) is 27.0. The SMILES string of the molecule is CCCCCCCCCCOc1ccc(-c2ccc(C(=O)Oc3ccc(OCC(C)CC)cc3)cc2)cc1. The number of rotatable bonds is 17. The van der Waals surface area contributed by atoms with E-state index in [-0.39, 0.29) is 5.97 Å². The third kappa shape index (κ3) is 10.2. The van der Waals surface area contributed by atoms with E-state index in [0.717, 1.165) is 42.1 Å². The zero-order valence-electron chi connectivity index (χ0n) is 23.4. The molecule has 0 saturated carbocycles. The molecule has 0 saturated heterocycles. The fourth-order valence-electron chi connectivity index (χ4n) is 4.09. The minimum atomic E-state index is -0.380. The first-order valence-electron chi connectivity index (χ1n) is 14.4. The molecule has 0 heterocycles. The molecule has 0 N–H and O–H groups in total. The van der Waals surface area contributed by atoms with Gasteiger partial charge in [-0.25, -0.2) is 4.79 Å². The number of hydrogen-bond donors (Lipinski definition) is 0. The highest BCUT2D eigenvalue weighted by Gasteiger charge is 2.10. The molecule has 1 unspecified atom stereocenters. The fourth-order valence-corrected chi connectivity index (χ4v) is 4.09. The van der Waals surface area contributed by atoms with Crippen LogP contribution in [0.25, 0.3) is 11.1 Å². The second-order valence-corrected chi connectivity index (χ2v) is 10.1. The first-order valence-corrected chi connectivity index (χ1v) is 14.4. The van der Waals surface area contributed by atoms with Gasteiger partial charge in [-0.3, -0.25) is 0 Å². The summed E-state index contributed by atoms with van der Waals surface area (Å²) in [6, 6.07) is 22.8. The van der Waals surface area contributed by atoms with Crippen LogP contribution < -0.4 is 14.2 Å². The maximum atomic E-state index is 12.6. The maximum Gasteiger partial charge on any atom is 0.343 e. The Morgan fingerprint density at radius 1 is 0.632 bits per heavy atom. The third-order valence-corrected chi connectivity index (χ3v) is 6.84. The topological polar surface area (TPSA) is 44.8 Å². The number of ether oxygens (including phenoxy) is 3. The molecule has 3 rings (SSSR count). The van der Waals surface area contributed by atoms with E-state index in [9.17, 15) is 4.79 Å². The van der Waals surface area contributed by atoms with Gasteiger partial charge in [0.15, 0.2) is 0 Å². The van der Waals surface area contributed by atoms with Crippen molar-refractivity contribution in [2.24, 2.45) is 5.92 Å². The highest BCUT2D eigenvalue weighted by Crippen LogP contribution is 2.24. The van der Waals surface area contributed by atoms with E-state index in [2.05, 4.69) is 32.9 Å². The Bertz CT molecular complexity index is 1060. The van der Waals surface area contributed by atoms with E-state index in [4.69, 9.17) is 14.2 Å². The molecule has 204 valence electrons. The normalized spacial score (nSPS) is 11.7. The highest BCUT2D eigenvalue weighted by atomic mass is 16.5. The first-order chi connectivity index (χ1) is 18.6. The van der Waals surface area contributed by atoms with Crippen LogP contribution in [-0.4, -0.2) is 19.2 Å². The summed E-state index contributed by atoms with van der Waals surface area (Å²) in [5.74, 6) is 2.30. The van der Waals surface area contributed by atoms with Crippen molar-refractivity contribution in [3.8, 4) is 28.4 Å². The summed E-state index contributed by atoms with van der Waals surface area (Å²) < 4.78 is 17.2. The predicted octanol–water partition coefficient (Wildman–Crippen LogP) is 9.52. The number of benzene rings is 3. The molecule has 3 aromatic rings. The van der Waals surface area contributed by atoms with Gasteiger partial charge in [0.25, 0.3) is 0 Å². The molecule has 0 spiro atoms. The van der Waals surface area contributed by atoms with Gasteiger partial charge in [-0.2, -0.15) is 0 Å². The quantitative estimate of drug-likeness (QED) is 0.102. The monoisotopic (exact) mass is 516 g/mol. The molecular weight excluding hydrogens is 472 g/mol. The van der Waals surface area contributed by atoms with Gasteiger partial charge in [-0.15, -0.1) is 0 Å². The fraction of sp³-hybridized carbons (Fsp3) is 0.441. The summed E-state index contributed by atoms with van der Waals surface area (Å²) >= 11 is 0. The van der Waals surface area contributed by atoms with E-state index >= 15 is 0 Å². The number of unbranched alkanes of at least 4 members (excludes halogenated alkanes) is 7. The molecule has 0 aliphatic carbocycles. The van der Waals surface area contributed by atoms with Gasteiger partial charge in [-0.1, -0.05) is 96.4 Å². The smallest absolute Gasteiger partial charge is 0.343 e. The summed E-state index contributed by atoms with van der Waals surface area (Å²) in [5, 5.41) is 0. The number of carbonyl (C=O) groups excluding carboxylic acids is 1. The molecule has 0 amide bonds. The standard InChI is InChI=1S/C34H44O4/c1-4-6-7-8-9-10-11-12-25-36-31-19-17-29(18-20-31)28-13-15-30(16-14-28)34(35)38-33-23-21-32(22-24-33)37-26-27(3)5-2/h13-24,27H,4-12,25-26H2,1-3H3. The molecular formula is C34H44O4.